The summed E-state index contributed by atoms with van der Waals surface area (Å²) < 4.78 is 2.30. The van der Waals surface area contributed by atoms with Crippen molar-refractivity contribution in [3.05, 3.63) is 76.6 Å². The third-order valence-electron chi connectivity index (χ3n) is 5.07. The van der Waals surface area contributed by atoms with E-state index in [2.05, 4.69) is 82.5 Å². The van der Waals surface area contributed by atoms with Gasteiger partial charge in [0, 0.05) is 5.75 Å². The fourth-order valence-electron chi connectivity index (χ4n) is 3.43. The number of aromatic nitrogens is 3. The van der Waals surface area contributed by atoms with E-state index >= 15 is 0 Å². The Morgan fingerprint density at radius 2 is 1.63 bits per heavy atom. The average molecular weight is 379 g/mol. The van der Waals surface area contributed by atoms with Crippen LogP contribution < -0.4 is 5.32 Å². The van der Waals surface area contributed by atoms with Crippen molar-refractivity contribution in [1.29, 1.82) is 0 Å². The molecule has 0 amide bonds. The van der Waals surface area contributed by atoms with Crippen LogP contribution in [-0.4, -0.2) is 21.3 Å². The van der Waals surface area contributed by atoms with Crippen LogP contribution in [-0.2, 0) is 12.3 Å². The summed E-state index contributed by atoms with van der Waals surface area (Å²) in [6.45, 7) is 6.13. The van der Waals surface area contributed by atoms with Gasteiger partial charge in [0.05, 0.1) is 12.6 Å². The first-order valence-corrected chi connectivity index (χ1v) is 10.6. The number of hydrogen-bond acceptors (Lipinski definition) is 4. The molecule has 0 saturated carbocycles. The molecule has 5 heteroatoms. The molecule has 0 spiro atoms. The molecule has 1 aliphatic heterocycles. The number of rotatable bonds is 6. The normalized spacial score (nSPS) is 16.7. The molecule has 0 aliphatic carbocycles. The van der Waals surface area contributed by atoms with Crippen LogP contribution in [0.3, 0.4) is 0 Å². The first-order valence-electron chi connectivity index (χ1n) is 9.59. The molecule has 1 saturated heterocycles. The molecule has 1 aromatic heterocycles. The van der Waals surface area contributed by atoms with Crippen LogP contribution in [0.15, 0.2) is 53.7 Å². The van der Waals surface area contributed by atoms with Crippen LogP contribution in [0.1, 0.15) is 47.0 Å². The maximum atomic E-state index is 4.57. The highest BCUT2D eigenvalue weighted by molar-refractivity contribution is 7.98. The van der Waals surface area contributed by atoms with Crippen molar-refractivity contribution in [1.82, 2.24) is 20.1 Å². The van der Waals surface area contributed by atoms with E-state index in [1.807, 2.05) is 0 Å². The van der Waals surface area contributed by atoms with Gasteiger partial charge in [0.25, 0.3) is 0 Å². The number of nitrogens with zero attached hydrogens (tertiary/aromatic N) is 3. The Bertz CT molecular complexity index is 878. The van der Waals surface area contributed by atoms with Gasteiger partial charge < -0.3 is 9.88 Å². The van der Waals surface area contributed by atoms with Gasteiger partial charge in [0.1, 0.15) is 0 Å². The summed E-state index contributed by atoms with van der Waals surface area (Å²) >= 11 is 1.77. The Kier molecular flexibility index (Phi) is 5.60. The lowest BCUT2D eigenvalue weighted by Gasteiger charge is -2.14. The highest BCUT2D eigenvalue weighted by atomic mass is 32.2. The zero-order valence-corrected chi connectivity index (χ0v) is 16.8. The molecule has 1 aliphatic rings. The van der Waals surface area contributed by atoms with E-state index in [4.69, 9.17) is 0 Å². The van der Waals surface area contributed by atoms with Crippen molar-refractivity contribution >= 4 is 11.8 Å². The van der Waals surface area contributed by atoms with Gasteiger partial charge in [-0.05, 0) is 44.4 Å². The minimum absolute atomic E-state index is 0.316. The number of aryl methyl sites for hydroxylation is 2. The van der Waals surface area contributed by atoms with Gasteiger partial charge in [0.15, 0.2) is 11.0 Å². The van der Waals surface area contributed by atoms with E-state index in [9.17, 15) is 0 Å². The minimum atomic E-state index is 0.316. The van der Waals surface area contributed by atoms with Gasteiger partial charge >= 0.3 is 0 Å². The monoisotopic (exact) mass is 378 g/mol. The molecule has 1 N–H and O–H groups in total. The van der Waals surface area contributed by atoms with Gasteiger partial charge in [0.2, 0.25) is 0 Å². The Balaban J connectivity index is 1.57. The summed E-state index contributed by atoms with van der Waals surface area (Å²) in [6, 6.07) is 17.8. The van der Waals surface area contributed by atoms with Crippen LogP contribution in [0.2, 0.25) is 0 Å². The first-order chi connectivity index (χ1) is 13.2. The van der Waals surface area contributed by atoms with Gasteiger partial charge in [-0.1, -0.05) is 71.4 Å². The van der Waals surface area contributed by atoms with Crippen molar-refractivity contribution in [2.45, 2.75) is 50.2 Å². The van der Waals surface area contributed by atoms with Gasteiger partial charge in [-0.3, -0.25) is 0 Å². The van der Waals surface area contributed by atoms with Crippen LogP contribution in [0.25, 0.3) is 0 Å². The van der Waals surface area contributed by atoms with Gasteiger partial charge in [-0.15, -0.1) is 10.2 Å². The lowest BCUT2D eigenvalue weighted by molar-refractivity contribution is 0.550. The summed E-state index contributed by atoms with van der Waals surface area (Å²) in [5.74, 6) is 1.98. The number of hydrogen-bond donors (Lipinski definition) is 1. The Morgan fingerprint density at radius 3 is 2.26 bits per heavy atom. The van der Waals surface area contributed by atoms with E-state index < -0.39 is 0 Å². The SMILES string of the molecule is Cc1ccc(CSc2nnc(C3CCCN3)n2Cc2ccc(C)cc2)cc1. The van der Waals surface area contributed by atoms with E-state index in [1.165, 1.54) is 28.7 Å². The van der Waals surface area contributed by atoms with Crippen molar-refractivity contribution < 1.29 is 0 Å². The molecule has 1 fully saturated rings. The number of benzene rings is 2. The third kappa shape index (κ3) is 4.42. The maximum Gasteiger partial charge on any atom is 0.191 e. The Labute approximate surface area is 165 Å². The molecular weight excluding hydrogens is 352 g/mol. The van der Waals surface area contributed by atoms with E-state index in [0.29, 0.717) is 6.04 Å². The van der Waals surface area contributed by atoms with Crippen LogP contribution >= 0.6 is 11.8 Å². The molecule has 0 radical (unpaired) electrons. The quantitative estimate of drug-likeness (QED) is 0.634. The summed E-state index contributed by atoms with van der Waals surface area (Å²) in [6.07, 6.45) is 2.34. The predicted octanol–water partition coefficient (Wildman–Crippen LogP) is 4.66. The predicted molar refractivity (Wildman–Crippen MR) is 111 cm³/mol. The highest BCUT2D eigenvalue weighted by Crippen LogP contribution is 2.28. The smallest absolute Gasteiger partial charge is 0.191 e. The second-order valence-electron chi connectivity index (χ2n) is 7.34. The number of thioether (sulfide) groups is 1. The second kappa shape index (κ2) is 8.28. The molecule has 140 valence electrons. The summed E-state index contributed by atoms with van der Waals surface area (Å²) in [7, 11) is 0. The molecule has 3 aromatic rings. The molecule has 27 heavy (non-hydrogen) atoms. The molecule has 4 rings (SSSR count). The summed E-state index contributed by atoms with van der Waals surface area (Å²) in [5, 5.41) is 13.7. The minimum Gasteiger partial charge on any atom is -0.307 e. The molecule has 2 aromatic carbocycles. The zero-order valence-electron chi connectivity index (χ0n) is 16.0. The molecular formula is C22H26N4S. The van der Waals surface area contributed by atoms with Gasteiger partial charge in [-0.25, -0.2) is 0 Å². The standard InChI is InChI=1S/C22H26N4S/c1-16-5-9-18(10-6-16)14-26-21(20-4-3-13-23-20)24-25-22(26)27-15-19-11-7-17(2)8-12-19/h5-12,20,23H,3-4,13-15H2,1-2H3. The Hall–Kier alpha value is -2.11. The summed E-state index contributed by atoms with van der Waals surface area (Å²) in [5.41, 5.74) is 5.18. The van der Waals surface area contributed by atoms with Crippen LogP contribution in [0.4, 0.5) is 0 Å². The molecule has 2 heterocycles. The second-order valence-corrected chi connectivity index (χ2v) is 8.28. The highest BCUT2D eigenvalue weighted by Gasteiger charge is 2.24. The van der Waals surface area contributed by atoms with E-state index in [0.717, 1.165) is 36.2 Å². The third-order valence-corrected chi connectivity index (χ3v) is 6.11. The summed E-state index contributed by atoms with van der Waals surface area (Å²) in [4.78, 5) is 0. The largest absolute Gasteiger partial charge is 0.307 e. The Morgan fingerprint density at radius 1 is 0.963 bits per heavy atom. The molecule has 1 unspecified atom stereocenters. The average Bonchev–Trinajstić information content (AvgIpc) is 3.33. The molecule has 4 nitrogen and oxygen atoms in total. The van der Waals surface area contributed by atoms with Crippen molar-refractivity contribution in [3.8, 4) is 0 Å². The topological polar surface area (TPSA) is 42.7 Å². The van der Waals surface area contributed by atoms with Crippen LogP contribution in [0.5, 0.6) is 0 Å². The molecule has 0 bridgehead atoms. The fourth-order valence-corrected chi connectivity index (χ4v) is 4.33. The van der Waals surface area contributed by atoms with Crippen LogP contribution in [0, 0.1) is 13.8 Å². The van der Waals surface area contributed by atoms with Crippen molar-refractivity contribution in [3.63, 3.8) is 0 Å². The van der Waals surface area contributed by atoms with E-state index in [1.54, 1.807) is 11.8 Å². The van der Waals surface area contributed by atoms with Crippen molar-refractivity contribution in [2.24, 2.45) is 0 Å². The fraction of sp³-hybridized carbons (Fsp3) is 0.364. The lowest BCUT2D eigenvalue weighted by Crippen LogP contribution is -2.19. The first kappa shape index (κ1) is 18.3. The number of nitrogens with one attached hydrogen (secondary N) is 1. The van der Waals surface area contributed by atoms with E-state index in [-0.39, 0.29) is 0 Å². The molecule has 1 atom stereocenters. The lowest BCUT2D eigenvalue weighted by atomic mass is 10.1. The van der Waals surface area contributed by atoms with Crippen molar-refractivity contribution in [2.75, 3.05) is 6.54 Å². The zero-order chi connectivity index (χ0) is 18.6. The maximum absolute atomic E-state index is 4.57. The van der Waals surface area contributed by atoms with Gasteiger partial charge in [-0.2, -0.15) is 0 Å².